The summed E-state index contributed by atoms with van der Waals surface area (Å²) in [5, 5.41) is 33.9. The van der Waals surface area contributed by atoms with E-state index in [4.69, 9.17) is 20.4 Å². The smallest absolute Gasteiger partial charge is 0.335 e. The molecule has 140 valence electrons. The van der Waals surface area contributed by atoms with E-state index >= 15 is 0 Å². The number of hydrogen-bond acceptors (Lipinski definition) is 4. The number of benzene rings is 2. The highest BCUT2D eigenvalue weighted by atomic mass is 16.4. The molecule has 10 nitrogen and oxygen atoms in total. The molecule has 0 amide bonds. The minimum absolute atomic E-state index is 0. The first kappa shape index (κ1) is 24.5. The minimum atomic E-state index is -1.06. The Kier molecular flexibility index (Phi) is 10.3. The number of hydrogen-bond donors (Lipinski definition) is 4. The van der Waals surface area contributed by atoms with E-state index in [-0.39, 0.29) is 33.2 Å². The number of rotatable bonds is 4. The molecule has 0 fully saturated rings. The molecule has 26 heavy (non-hydrogen) atoms. The molecular weight excluding hydrogens is 352 g/mol. The van der Waals surface area contributed by atoms with Gasteiger partial charge in [-0.15, -0.1) is 0 Å². The van der Waals surface area contributed by atoms with Gasteiger partial charge in [0, 0.05) is 0 Å². The highest BCUT2D eigenvalue weighted by Crippen LogP contribution is 2.04. The molecule has 10 heteroatoms. The van der Waals surface area contributed by atoms with Crippen molar-refractivity contribution in [2.45, 2.75) is 0 Å². The average Bonchev–Trinajstić information content (AvgIpc) is 2.55. The fourth-order valence-electron chi connectivity index (χ4n) is 1.51. The summed E-state index contributed by atoms with van der Waals surface area (Å²) >= 11 is 0. The number of carboxylic acid groups (broad SMARTS) is 4. The van der Waals surface area contributed by atoms with E-state index in [1.165, 1.54) is 48.5 Å². The molecule has 0 atom stereocenters. The van der Waals surface area contributed by atoms with Crippen molar-refractivity contribution in [2.24, 2.45) is 0 Å². The lowest BCUT2D eigenvalue weighted by Gasteiger charge is -1.94. The van der Waals surface area contributed by atoms with Gasteiger partial charge in [-0.25, -0.2) is 19.2 Å². The highest BCUT2D eigenvalue weighted by Gasteiger charge is 2.05. The standard InChI is InChI=1S/2C8H6O4.2H2O/c2*9-7(10)5-1-2-6(4-3-5)8(11)12;;/h2*1-4H,(H,9,10)(H,11,12);2*1H2. The van der Waals surface area contributed by atoms with Crippen LogP contribution < -0.4 is 0 Å². The first-order chi connectivity index (χ1) is 11.2. The van der Waals surface area contributed by atoms with Gasteiger partial charge in [0.05, 0.1) is 22.3 Å². The van der Waals surface area contributed by atoms with Crippen LogP contribution >= 0.6 is 0 Å². The second-order valence-corrected chi connectivity index (χ2v) is 4.38. The Bertz CT molecular complexity index is 629. The van der Waals surface area contributed by atoms with Crippen molar-refractivity contribution in [3.63, 3.8) is 0 Å². The predicted molar refractivity (Wildman–Crippen MR) is 87.9 cm³/mol. The maximum absolute atomic E-state index is 10.3. The summed E-state index contributed by atoms with van der Waals surface area (Å²) in [5.74, 6) is -4.25. The minimum Gasteiger partial charge on any atom is -0.478 e. The topological polar surface area (TPSA) is 212 Å². The van der Waals surface area contributed by atoms with Crippen molar-refractivity contribution < 1.29 is 50.6 Å². The lowest BCUT2D eigenvalue weighted by molar-refractivity contribution is 0.0681. The molecular formula is C16H16O10. The van der Waals surface area contributed by atoms with Gasteiger partial charge in [-0.3, -0.25) is 0 Å². The van der Waals surface area contributed by atoms with Gasteiger partial charge >= 0.3 is 23.9 Å². The van der Waals surface area contributed by atoms with Gasteiger partial charge in [0.1, 0.15) is 0 Å². The van der Waals surface area contributed by atoms with Crippen molar-refractivity contribution in [3.8, 4) is 0 Å². The van der Waals surface area contributed by atoms with Crippen LogP contribution in [0.5, 0.6) is 0 Å². The molecule has 8 N–H and O–H groups in total. The third kappa shape index (κ3) is 7.21. The summed E-state index contributed by atoms with van der Waals surface area (Å²) in [4.78, 5) is 41.3. The Morgan fingerprint density at radius 1 is 0.423 bits per heavy atom. The van der Waals surface area contributed by atoms with Crippen LogP contribution in [0.15, 0.2) is 48.5 Å². The van der Waals surface area contributed by atoms with Crippen molar-refractivity contribution in [3.05, 3.63) is 70.8 Å². The van der Waals surface area contributed by atoms with Crippen molar-refractivity contribution in [2.75, 3.05) is 0 Å². The maximum Gasteiger partial charge on any atom is 0.335 e. The Labute approximate surface area is 146 Å². The zero-order chi connectivity index (χ0) is 18.3. The Morgan fingerprint density at radius 2 is 0.538 bits per heavy atom. The summed E-state index contributed by atoms with van der Waals surface area (Å²) in [6.45, 7) is 0. The molecule has 0 heterocycles. The molecule has 0 saturated carbocycles. The van der Waals surface area contributed by atoms with Gasteiger partial charge in [0.2, 0.25) is 0 Å². The third-order valence-electron chi connectivity index (χ3n) is 2.76. The number of carbonyl (C=O) groups is 4. The van der Waals surface area contributed by atoms with E-state index in [1.807, 2.05) is 0 Å². The van der Waals surface area contributed by atoms with E-state index in [2.05, 4.69) is 0 Å². The Morgan fingerprint density at radius 3 is 0.615 bits per heavy atom. The zero-order valence-corrected chi connectivity index (χ0v) is 13.0. The van der Waals surface area contributed by atoms with Crippen LogP contribution in [0.2, 0.25) is 0 Å². The molecule has 0 aliphatic heterocycles. The normalized spacial score (nSPS) is 8.62. The summed E-state index contributed by atoms with van der Waals surface area (Å²) in [7, 11) is 0. The molecule has 2 rings (SSSR count). The summed E-state index contributed by atoms with van der Waals surface area (Å²) < 4.78 is 0. The average molecular weight is 368 g/mol. The summed E-state index contributed by atoms with van der Waals surface area (Å²) in [5.41, 5.74) is 0.333. The highest BCUT2D eigenvalue weighted by molar-refractivity contribution is 5.92. The van der Waals surface area contributed by atoms with E-state index in [9.17, 15) is 19.2 Å². The van der Waals surface area contributed by atoms with Gasteiger partial charge in [-0.2, -0.15) is 0 Å². The molecule has 0 radical (unpaired) electrons. The molecule has 0 spiro atoms. The second kappa shape index (κ2) is 10.9. The fourth-order valence-corrected chi connectivity index (χ4v) is 1.51. The molecule has 0 aliphatic carbocycles. The van der Waals surface area contributed by atoms with Crippen LogP contribution in [0.4, 0.5) is 0 Å². The molecule has 0 aromatic heterocycles. The molecule has 0 saturated heterocycles. The van der Waals surface area contributed by atoms with E-state index in [0.29, 0.717) is 0 Å². The van der Waals surface area contributed by atoms with Crippen molar-refractivity contribution >= 4 is 23.9 Å². The van der Waals surface area contributed by atoms with Crippen molar-refractivity contribution in [1.29, 1.82) is 0 Å². The quantitative estimate of drug-likeness (QED) is 0.595. The van der Waals surface area contributed by atoms with E-state index < -0.39 is 23.9 Å². The lowest BCUT2D eigenvalue weighted by Crippen LogP contribution is -1.99. The van der Waals surface area contributed by atoms with E-state index in [0.717, 1.165) is 0 Å². The van der Waals surface area contributed by atoms with Crippen LogP contribution in [0.25, 0.3) is 0 Å². The molecule has 2 aromatic carbocycles. The number of carboxylic acids is 4. The SMILES string of the molecule is O.O.O=C(O)c1ccc(C(=O)O)cc1.O=C(O)c1ccc(C(=O)O)cc1. The van der Waals surface area contributed by atoms with Crippen LogP contribution in [-0.2, 0) is 0 Å². The Balaban J connectivity index is 0. The molecule has 0 aliphatic rings. The third-order valence-corrected chi connectivity index (χ3v) is 2.76. The predicted octanol–water partition coefficient (Wildman–Crippen LogP) is 0.517. The van der Waals surface area contributed by atoms with Crippen LogP contribution in [0.1, 0.15) is 41.4 Å². The van der Waals surface area contributed by atoms with Gasteiger partial charge in [0.25, 0.3) is 0 Å². The van der Waals surface area contributed by atoms with Gasteiger partial charge in [0.15, 0.2) is 0 Å². The maximum atomic E-state index is 10.3. The summed E-state index contributed by atoms with van der Waals surface area (Å²) in [6, 6.07) is 10.0. The van der Waals surface area contributed by atoms with Crippen LogP contribution in [0.3, 0.4) is 0 Å². The van der Waals surface area contributed by atoms with Gasteiger partial charge in [-0.1, -0.05) is 0 Å². The van der Waals surface area contributed by atoms with Crippen LogP contribution in [-0.4, -0.2) is 55.3 Å². The van der Waals surface area contributed by atoms with Crippen molar-refractivity contribution in [1.82, 2.24) is 0 Å². The number of aromatic carboxylic acids is 4. The largest absolute Gasteiger partial charge is 0.478 e. The first-order valence-electron chi connectivity index (χ1n) is 6.35. The monoisotopic (exact) mass is 368 g/mol. The Hall–Kier alpha value is -3.76. The molecule has 0 bridgehead atoms. The van der Waals surface area contributed by atoms with Crippen LogP contribution in [0, 0.1) is 0 Å². The second-order valence-electron chi connectivity index (χ2n) is 4.38. The zero-order valence-electron chi connectivity index (χ0n) is 13.0. The van der Waals surface area contributed by atoms with Gasteiger partial charge in [-0.05, 0) is 48.5 Å². The molecule has 2 aromatic rings. The summed E-state index contributed by atoms with van der Waals surface area (Å²) in [6.07, 6.45) is 0. The fraction of sp³-hybridized carbons (Fsp3) is 0. The van der Waals surface area contributed by atoms with Gasteiger partial charge < -0.3 is 31.4 Å². The first-order valence-corrected chi connectivity index (χ1v) is 6.35. The lowest BCUT2D eigenvalue weighted by atomic mass is 10.1. The molecule has 0 unspecified atom stereocenters. The van der Waals surface area contributed by atoms with E-state index in [1.54, 1.807) is 0 Å².